The Labute approximate surface area is 192 Å². The fraction of sp³-hybridized carbons (Fsp3) is 0.130. The summed E-state index contributed by atoms with van der Waals surface area (Å²) in [6.07, 6.45) is 0. The highest BCUT2D eigenvalue weighted by Crippen LogP contribution is 2.27. The second-order valence-corrected chi connectivity index (χ2v) is 8.78. The lowest BCUT2D eigenvalue weighted by Gasteiger charge is -2.23. The number of sulfonamides is 1. The Hall–Kier alpha value is -3.73. The molecule has 33 heavy (non-hydrogen) atoms. The molecule has 3 aromatic carbocycles. The van der Waals surface area contributed by atoms with Crippen LogP contribution < -0.4 is 21.1 Å². The molecule has 0 heterocycles. The van der Waals surface area contributed by atoms with E-state index in [0.29, 0.717) is 28.1 Å². The van der Waals surface area contributed by atoms with Gasteiger partial charge in [0, 0.05) is 29.6 Å². The van der Waals surface area contributed by atoms with E-state index in [0.717, 1.165) is 0 Å². The number of primary sulfonamides is 1. The quantitative estimate of drug-likeness (QED) is 0.215. The highest BCUT2D eigenvalue weighted by atomic mass is 32.2. The number of ether oxygens (including phenoxy) is 1. The molecular formula is C23H25N5O4S. The molecule has 0 atom stereocenters. The van der Waals surface area contributed by atoms with Crippen molar-refractivity contribution in [3.05, 3.63) is 78.4 Å². The van der Waals surface area contributed by atoms with Gasteiger partial charge in [0.15, 0.2) is 0 Å². The van der Waals surface area contributed by atoms with Gasteiger partial charge in [0.25, 0.3) is 0 Å². The maximum atomic E-state index is 12.7. The van der Waals surface area contributed by atoms with Crippen LogP contribution in [0.5, 0.6) is 0 Å². The number of amides is 1. The Morgan fingerprint density at radius 3 is 2.39 bits per heavy atom. The van der Waals surface area contributed by atoms with E-state index in [-0.39, 0.29) is 29.9 Å². The molecule has 0 bridgehead atoms. The minimum absolute atomic E-state index is 0.00516. The SMILES string of the molecule is COCN(CC(=O)Nc1ccc(-c2ccccc2S(N)(=O)=O)cc1)c1cccc(C(=N)N)c1. The number of nitrogens with one attached hydrogen (secondary N) is 2. The number of amidine groups is 1. The molecule has 172 valence electrons. The third-order valence-corrected chi connectivity index (χ3v) is 5.78. The summed E-state index contributed by atoms with van der Waals surface area (Å²) in [4.78, 5) is 14.4. The number of hydrogen-bond donors (Lipinski definition) is 4. The Bertz CT molecular complexity index is 1260. The summed E-state index contributed by atoms with van der Waals surface area (Å²) < 4.78 is 28.9. The zero-order valence-electron chi connectivity index (χ0n) is 18.0. The number of carbonyl (C=O) groups excluding carboxylic acids is 1. The molecule has 0 aliphatic rings. The maximum absolute atomic E-state index is 12.7. The lowest BCUT2D eigenvalue weighted by Crippen LogP contribution is -2.34. The van der Waals surface area contributed by atoms with Gasteiger partial charge >= 0.3 is 0 Å². The number of nitrogen functional groups attached to an aromatic ring is 1. The molecule has 0 spiro atoms. The lowest BCUT2D eigenvalue weighted by molar-refractivity contribution is -0.115. The van der Waals surface area contributed by atoms with Crippen molar-refractivity contribution >= 4 is 33.1 Å². The van der Waals surface area contributed by atoms with Gasteiger partial charge in [0.05, 0.1) is 11.4 Å². The van der Waals surface area contributed by atoms with Crippen LogP contribution in [0.3, 0.4) is 0 Å². The predicted molar refractivity (Wildman–Crippen MR) is 129 cm³/mol. The number of carbonyl (C=O) groups is 1. The smallest absolute Gasteiger partial charge is 0.243 e. The number of anilines is 2. The maximum Gasteiger partial charge on any atom is 0.243 e. The largest absolute Gasteiger partial charge is 0.384 e. The van der Waals surface area contributed by atoms with E-state index >= 15 is 0 Å². The first-order chi connectivity index (χ1) is 15.7. The van der Waals surface area contributed by atoms with Crippen molar-refractivity contribution in [2.75, 3.05) is 30.6 Å². The van der Waals surface area contributed by atoms with Gasteiger partial charge < -0.3 is 20.7 Å². The lowest BCUT2D eigenvalue weighted by atomic mass is 10.1. The molecule has 3 aromatic rings. The Balaban J connectivity index is 1.74. The first kappa shape index (κ1) is 23.9. The standard InChI is InChI=1S/C23H25N5O4S/c1-32-15-28(19-6-4-5-17(13-19)23(24)25)14-22(29)27-18-11-9-16(10-12-18)20-7-2-3-8-21(20)33(26,30)31/h2-13H,14-15H2,1H3,(H3,24,25)(H,27,29)(H2,26,30,31). The van der Waals surface area contributed by atoms with Crippen molar-refractivity contribution in [1.29, 1.82) is 5.41 Å². The Morgan fingerprint density at radius 2 is 1.76 bits per heavy atom. The van der Waals surface area contributed by atoms with Crippen molar-refractivity contribution in [2.45, 2.75) is 4.90 Å². The van der Waals surface area contributed by atoms with E-state index < -0.39 is 10.0 Å². The molecule has 6 N–H and O–H groups in total. The number of hydrogen-bond acceptors (Lipinski definition) is 6. The fourth-order valence-electron chi connectivity index (χ4n) is 3.30. The minimum atomic E-state index is -3.87. The topological polar surface area (TPSA) is 152 Å². The average Bonchev–Trinajstić information content (AvgIpc) is 2.79. The van der Waals surface area contributed by atoms with E-state index in [1.54, 1.807) is 71.6 Å². The van der Waals surface area contributed by atoms with Gasteiger partial charge in [-0.3, -0.25) is 10.2 Å². The van der Waals surface area contributed by atoms with Crippen molar-refractivity contribution < 1.29 is 17.9 Å². The van der Waals surface area contributed by atoms with Crippen LogP contribution in [0.1, 0.15) is 5.56 Å². The van der Waals surface area contributed by atoms with Crippen LogP contribution in [-0.4, -0.2) is 40.5 Å². The van der Waals surface area contributed by atoms with Gasteiger partial charge in [-0.05, 0) is 35.9 Å². The first-order valence-corrected chi connectivity index (χ1v) is 11.4. The molecule has 0 radical (unpaired) electrons. The number of rotatable bonds is 9. The third-order valence-electron chi connectivity index (χ3n) is 4.81. The molecule has 1 amide bonds. The molecular weight excluding hydrogens is 442 g/mol. The molecule has 0 fully saturated rings. The summed E-state index contributed by atoms with van der Waals surface area (Å²) in [6, 6.07) is 20.2. The van der Waals surface area contributed by atoms with Gasteiger partial charge in [0.2, 0.25) is 15.9 Å². The number of methoxy groups -OCH3 is 1. The monoisotopic (exact) mass is 467 g/mol. The molecule has 0 unspecified atom stereocenters. The van der Waals surface area contributed by atoms with Crippen LogP contribution in [0.2, 0.25) is 0 Å². The second kappa shape index (κ2) is 10.3. The predicted octanol–water partition coefficient (Wildman–Crippen LogP) is 2.33. The molecule has 0 aliphatic heterocycles. The highest BCUT2D eigenvalue weighted by molar-refractivity contribution is 7.89. The summed E-state index contributed by atoms with van der Waals surface area (Å²) >= 11 is 0. The van der Waals surface area contributed by atoms with Crippen LogP contribution in [0.15, 0.2) is 77.7 Å². The Kier molecular flexibility index (Phi) is 7.44. The summed E-state index contributed by atoms with van der Waals surface area (Å²) in [5, 5.41) is 15.7. The third kappa shape index (κ3) is 6.16. The zero-order chi connectivity index (χ0) is 24.0. The normalized spacial score (nSPS) is 11.1. The molecule has 0 aromatic heterocycles. The van der Waals surface area contributed by atoms with E-state index in [2.05, 4.69) is 5.32 Å². The van der Waals surface area contributed by atoms with Gasteiger partial charge in [0.1, 0.15) is 12.6 Å². The molecule has 0 saturated carbocycles. The summed E-state index contributed by atoms with van der Waals surface area (Å²) in [7, 11) is -2.35. The van der Waals surface area contributed by atoms with Crippen molar-refractivity contribution in [2.24, 2.45) is 10.9 Å². The summed E-state index contributed by atoms with van der Waals surface area (Å²) in [5.74, 6) is -0.347. The molecule has 10 heteroatoms. The van der Waals surface area contributed by atoms with E-state index in [4.69, 9.17) is 21.0 Å². The van der Waals surface area contributed by atoms with Gasteiger partial charge in [-0.15, -0.1) is 0 Å². The molecule has 0 saturated heterocycles. The van der Waals surface area contributed by atoms with Gasteiger partial charge in [-0.1, -0.05) is 42.5 Å². The Morgan fingerprint density at radius 1 is 1.06 bits per heavy atom. The van der Waals surface area contributed by atoms with E-state index in [1.165, 1.54) is 13.2 Å². The molecule has 9 nitrogen and oxygen atoms in total. The molecule has 0 aliphatic carbocycles. The van der Waals surface area contributed by atoms with E-state index in [9.17, 15) is 13.2 Å². The number of benzene rings is 3. The first-order valence-electron chi connectivity index (χ1n) is 9.89. The van der Waals surface area contributed by atoms with Crippen LogP contribution in [0.25, 0.3) is 11.1 Å². The summed E-state index contributed by atoms with van der Waals surface area (Å²) in [6.45, 7) is 0.170. The number of nitrogens with zero attached hydrogens (tertiary/aromatic N) is 1. The van der Waals surface area contributed by atoms with Crippen molar-refractivity contribution in [1.82, 2.24) is 0 Å². The zero-order valence-corrected chi connectivity index (χ0v) is 18.8. The van der Waals surface area contributed by atoms with Crippen molar-refractivity contribution in [3.63, 3.8) is 0 Å². The van der Waals surface area contributed by atoms with Crippen LogP contribution in [0, 0.1) is 5.41 Å². The summed E-state index contributed by atoms with van der Waals surface area (Å²) in [5.41, 5.74) is 8.48. The van der Waals surface area contributed by atoms with Gasteiger partial charge in [-0.2, -0.15) is 0 Å². The second-order valence-electron chi connectivity index (χ2n) is 7.25. The van der Waals surface area contributed by atoms with Crippen LogP contribution >= 0.6 is 0 Å². The van der Waals surface area contributed by atoms with Crippen LogP contribution in [0.4, 0.5) is 11.4 Å². The average molecular weight is 468 g/mol. The molecule has 3 rings (SSSR count). The van der Waals surface area contributed by atoms with Gasteiger partial charge in [-0.25, -0.2) is 13.6 Å². The van der Waals surface area contributed by atoms with Crippen LogP contribution in [-0.2, 0) is 19.6 Å². The van der Waals surface area contributed by atoms with E-state index in [1.807, 2.05) is 0 Å². The fourth-order valence-corrected chi connectivity index (χ4v) is 4.06. The van der Waals surface area contributed by atoms with Crippen molar-refractivity contribution in [3.8, 4) is 11.1 Å². The number of nitrogens with two attached hydrogens (primary N) is 2. The minimum Gasteiger partial charge on any atom is -0.384 e. The highest BCUT2D eigenvalue weighted by Gasteiger charge is 2.15.